The van der Waals surface area contributed by atoms with E-state index in [1.165, 1.54) is 0 Å². The summed E-state index contributed by atoms with van der Waals surface area (Å²) in [6.45, 7) is 0. The van der Waals surface area contributed by atoms with Crippen molar-refractivity contribution in [2.75, 3.05) is 0 Å². The van der Waals surface area contributed by atoms with Crippen LogP contribution in [-0.2, 0) is 14.3 Å². The molecule has 3 N–H and O–H groups in total. The fourth-order valence-electron chi connectivity index (χ4n) is 0.803. The van der Waals surface area contributed by atoms with E-state index in [0.717, 1.165) is 0 Å². The van der Waals surface area contributed by atoms with Crippen LogP contribution in [-0.4, -0.2) is 18.0 Å². The number of carbonyl (C=O) groups is 2. The van der Waals surface area contributed by atoms with Gasteiger partial charge in [0.2, 0.25) is 0 Å². The van der Waals surface area contributed by atoms with Gasteiger partial charge in [0.15, 0.2) is 6.10 Å². The summed E-state index contributed by atoms with van der Waals surface area (Å²) >= 11 is 0. The minimum Gasteiger partial charge on any atom is -0.452 e. The lowest BCUT2D eigenvalue weighted by atomic mass is 10.2. The van der Waals surface area contributed by atoms with Gasteiger partial charge in [0.25, 0.3) is 5.91 Å². The van der Waals surface area contributed by atoms with Crippen molar-refractivity contribution in [2.24, 2.45) is 5.84 Å². The molecule has 0 aliphatic carbocycles. The zero-order valence-corrected chi connectivity index (χ0v) is 5.29. The Hall–Kier alpha value is -1.10. The van der Waals surface area contributed by atoms with E-state index in [4.69, 9.17) is 5.84 Å². The van der Waals surface area contributed by atoms with E-state index in [2.05, 4.69) is 4.74 Å². The summed E-state index contributed by atoms with van der Waals surface area (Å²) in [7, 11) is 0. The van der Waals surface area contributed by atoms with Gasteiger partial charge in [0.1, 0.15) is 0 Å². The van der Waals surface area contributed by atoms with Crippen molar-refractivity contribution in [2.45, 2.75) is 18.9 Å². The Labute approximate surface area is 57.5 Å². The topological polar surface area (TPSA) is 81.4 Å². The largest absolute Gasteiger partial charge is 0.452 e. The van der Waals surface area contributed by atoms with Crippen molar-refractivity contribution in [3.8, 4) is 0 Å². The van der Waals surface area contributed by atoms with Crippen molar-refractivity contribution in [3.05, 3.63) is 0 Å². The lowest BCUT2D eigenvalue weighted by Gasteiger charge is -2.04. The second-order valence-electron chi connectivity index (χ2n) is 2.03. The molecule has 0 aromatic carbocycles. The minimum atomic E-state index is -0.669. The van der Waals surface area contributed by atoms with Crippen LogP contribution in [0.1, 0.15) is 12.8 Å². The van der Waals surface area contributed by atoms with Gasteiger partial charge in [-0.25, -0.2) is 5.84 Å². The third kappa shape index (κ3) is 1.24. The molecule has 56 valence electrons. The number of rotatable bonds is 1. The van der Waals surface area contributed by atoms with Gasteiger partial charge in [-0.1, -0.05) is 0 Å². The zero-order valence-electron chi connectivity index (χ0n) is 5.29. The average molecular weight is 144 g/mol. The number of esters is 1. The van der Waals surface area contributed by atoms with Gasteiger partial charge in [-0.3, -0.25) is 15.0 Å². The molecule has 5 heteroatoms. The van der Waals surface area contributed by atoms with Crippen LogP contribution in [0.2, 0.25) is 0 Å². The molecule has 1 saturated heterocycles. The molecular formula is C5H8N2O3. The smallest absolute Gasteiger partial charge is 0.306 e. The van der Waals surface area contributed by atoms with Crippen LogP contribution in [0.15, 0.2) is 0 Å². The molecule has 1 heterocycles. The first kappa shape index (κ1) is 7.01. The number of hydrazine groups is 1. The molecule has 1 fully saturated rings. The van der Waals surface area contributed by atoms with Crippen LogP contribution < -0.4 is 11.3 Å². The fourth-order valence-corrected chi connectivity index (χ4v) is 0.803. The van der Waals surface area contributed by atoms with Gasteiger partial charge in [-0.05, 0) is 0 Å². The second kappa shape index (κ2) is 2.66. The summed E-state index contributed by atoms with van der Waals surface area (Å²) in [6, 6.07) is 0. The second-order valence-corrected chi connectivity index (χ2v) is 2.03. The minimum absolute atomic E-state index is 0.304. The molecule has 0 bridgehead atoms. The Morgan fingerprint density at radius 3 is 2.90 bits per heavy atom. The van der Waals surface area contributed by atoms with Crippen molar-refractivity contribution in [1.29, 1.82) is 0 Å². The number of cyclic esters (lactones) is 1. The van der Waals surface area contributed by atoms with E-state index < -0.39 is 12.0 Å². The van der Waals surface area contributed by atoms with E-state index in [0.29, 0.717) is 12.8 Å². The van der Waals surface area contributed by atoms with Gasteiger partial charge in [0.05, 0.1) is 0 Å². The summed E-state index contributed by atoms with van der Waals surface area (Å²) in [4.78, 5) is 21.1. The van der Waals surface area contributed by atoms with Gasteiger partial charge in [-0.15, -0.1) is 0 Å². The Morgan fingerprint density at radius 2 is 2.50 bits per heavy atom. The van der Waals surface area contributed by atoms with Gasteiger partial charge in [-0.2, -0.15) is 0 Å². The molecule has 0 radical (unpaired) electrons. The molecule has 5 nitrogen and oxygen atoms in total. The number of nitrogens with two attached hydrogens (primary N) is 1. The van der Waals surface area contributed by atoms with Crippen molar-refractivity contribution in [3.63, 3.8) is 0 Å². The average Bonchev–Trinajstić information content (AvgIpc) is 2.34. The molecule has 1 rings (SSSR count). The summed E-state index contributed by atoms with van der Waals surface area (Å²) in [5.41, 5.74) is 1.91. The summed E-state index contributed by atoms with van der Waals surface area (Å²) < 4.78 is 4.58. The normalized spacial score (nSPS) is 24.1. The highest BCUT2D eigenvalue weighted by atomic mass is 16.6. The van der Waals surface area contributed by atoms with Crippen LogP contribution >= 0.6 is 0 Å². The van der Waals surface area contributed by atoms with Crippen molar-refractivity contribution in [1.82, 2.24) is 5.43 Å². The molecule has 1 aliphatic rings. The highest BCUT2D eigenvalue weighted by Crippen LogP contribution is 2.12. The molecule has 0 aromatic heterocycles. The summed E-state index contributed by atoms with van der Waals surface area (Å²) in [5.74, 6) is 4.03. The lowest BCUT2D eigenvalue weighted by molar-refractivity contribution is -0.148. The Morgan fingerprint density at radius 1 is 1.80 bits per heavy atom. The molecule has 0 spiro atoms. The SMILES string of the molecule is NNC(=O)C1CCC(=O)O1. The molecule has 1 unspecified atom stereocenters. The Kier molecular flexibility index (Phi) is 1.86. The molecule has 10 heavy (non-hydrogen) atoms. The number of carbonyl (C=O) groups excluding carboxylic acids is 2. The molecular weight excluding hydrogens is 136 g/mol. The predicted molar refractivity (Wildman–Crippen MR) is 31.4 cm³/mol. The molecule has 0 aromatic rings. The van der Waals surface area contributed by atoms with Crippen molar-refractivity contribution >= 4 is 11.9 Å². The maximum Gasteiger partial charge on any atom is 0.306 e. The molecule has 0 saturated carbocycles. The maximum absolute atomic E-state index is 10.6. The zero-order chi connectivity index (χ0) is 7.56. The van der Waals surface area contributed by atoms with E-state index in [1.54, 1.807) is 0 Å². The van der Waals surface area contributed by atoms with E-state index in [9.17, 15) is 9.59 Å². The first-order valence-corrected chi connectivity index (χ1v) is 2.94. The number of hydrogen-bond acceptors (Lipinski definition) is 4. The fraction of sp³-hybridized carbons (Fsp3) is 0.600. The number of hydrogen-bond donors (Lipinski definition) is 2. The Balaban J connectivity index is 2.44. The monoisotopic (exact) mass is 144 g/mol. The third-order valence-corrected chi connectivity index (χ3v) is 1.32. The molecule has 1 atom stereocenters. The van der Waals surface area contributed by atoms with Crippen LogP contribution in [0.4, 0.5) is 0 Å². The first-order chi connectivity index (χ1) is 4.74. The lowest BCUT2D eigenvalue weighted by Crippen LogP contribution is -2.38. The van der Waals surface area contributed by atoms with E-state index in [1.807, 2.05) is 5.43 Å². The van der Waals surface area contributed by atoms with Crippen LogP contribution in [0.3, 0.4) is 0 Å². The van der Waals surface area contributed by atoms with Crippen LogP contribution in [0.25, 0.3) is 0 Å². The third-order valence-electron chi connectivity index (χ3n) is 1.32. The standard InChI is InChI=1S/C5H8N2O3/c6-7-5(9)3-1-2-4(8)10-3/h3H,1-2,6H2,(H,7,9). The van der Waals surface area contributed by atoms with E-state index >= 15 is 0 Å². The quantitative estimate of drug-likeness (QED) is 0.207. The maximum atomic E-state index is 10.6. The number of amides is 1. The predicted octanol–water partition coefficient (Wildman–Crippen LogP) is -1.32. The van der Waals surface area contributed by atoms with Gasteiger partial charge >= 0.3 is 5.97 Å². The van der Waals surface area contributed by atoms with E-state index in [-0.39, 0.29) is 5.97 Å². The Bertz CT molecular complexity index is 168. The highest BCUT2D eigenvalue weighted by molar-refractivity contribution is 5.85. The highest BCUT2D eigenvalue weighted by Gasteiger charge is 2.28. The van der Waals surface area contributed by atoms with Crippen LogP contribution in [0.5, 0.6) is 0 Å². The van der Waals surface area contributed by atoms with Crippen molar-refractivity contribution < 1.29 is 14.3 Å². The first-order valence-electron chi connectivity index (χ1n) is 2.94. The van der Waals surface area contributed by atoms with Gasteiger partial charge in [0, 0.05) is 12.8 Å². The number of nitrogens with one attached hydrogen (secondary N) is 1. The summed E-state index contributed by atoms with van der Waals surface area (Å²) in [5, 5.41) is 0. The molecule has 1 amide bonds. The number of ether oxygens (including phenoxy) is 1. The van der Waals surface area contributed by atoms with Crippen LogP contribution in [0, 0.1) is 0 Å². The summed E-state index contributed by atoms with van der Waals surface area (Å²) in [6.07, 6.45) is 0.0671. The van der Waals surface area contributed by atoms with Gasteiger partial charge < -0.3 is 4.74 Å². The molecule has 1 aliphatic heterocycles.